The third-order valence-corrected chi connectivity index (χ3v) is 4.97. The average molecular weight is 275 g/mol. The van der Waals surface area contributed by atoms with Crippen molar-refractivity contribution in [2.45, 2.75) is 38.7 Å². The minimum atomic E-state index is -3.79. The summed E-state index contributed by atoms with van der Waals surface area (Å²) in [6.07, 6.45) is 0. The highest BCUT2D eigenvalue weighted by Gasteiger charge is 2.36. The Morgan fingerprint density at radius 1 is 1.39 bits per heavy atom. The fourth-order valence-corrected chi connectivity index (χ4v) is 3.98. The Balaban J connectivity index is 3.12. The minimum absolute atomic E-state index is 0.358. The van der Waals surface area contributed by atoms with Gasteiger partial charge < -0.3 is 9.63 Å². The van der Waals surface area contributed by atoms with Gasteiger partial charge in [0.15, 0.2) is 15.1 Å². The van der Waals surface area contributed by atoms with Crippen molar-refractivity contribution in [3.8, 4) is 0 Å². The molecule has 0 fully saturated rings. The zero-order valence-electron chi connectivity index (χ0n) is 10.8. The number of aryl methyl sites for hydroxylation is 2. The minimum Gasteiger partial charge on any atom is -0.480 e. The molecule has 0 aliphatic rings. The van der Waals surface area contributed by atoms with Gasteiger partial charge >= 0.3 is 5.97 Å². The standard InChI is InChI=1S/C11H17NO5S/c1-6(2)10(11(13)14)18(15,16)5-9-7(3)12-17-8(9)4/h6,10H,5H2,1-4H3,(H,13,14). The molecule has 0 aliphatic heterocycles. The summed E-state index contributed by atoms with van der Waals surface area (Å²) < 4.78 is 29.2. The molecule has 0 radical (unpaired) electrons. The second-order valence-electron chi connectivity index (χ2n) is 4.61. The summed E-state index contributed by atoms with van der Waals surface area (Å²) in [6, 6.07) is 0. The van der Waals surface area contributed by atoms with Crippen molar-refractivity contribution in [1.29, 1.82) is 0 Å². The van der Waals surface area contributed by atoms with Gasteiger partial charge in [0.05, 0.1) is 11.4 Å². The Labute approximate surface area is 106 Å². The van der Waals surface area contributed by atoms with E-state index in [-0.39, 0.29) is 5.75 Å². The van der Waals surface area contributed by atoms with Crippen LogP contribution in [0.1, 0.15) is 30.9 Å². The Kier molecular flexibility index (Phi) is 4.16. The molecule has 0 saturated carbocycles. The van der Waals surface area contributed by atoms with Crippen LogP contribution in [0.15, 0.2) is 4.52 Å². The summed E-state index contributed by atoms with van der Waals surface area (Å²) in [5, 5.41) is 11.3. The molecule has 1 rings (SSSR count). The van der Waals surface area contributed by atoms with E-state index in [0.29, 0.717) is 17.0 Å². The molecular weight excluding hydrogens is 258 g/mol. The van der Waals surface area contributed by atoms with Crippen LogP contribution in [0.3, 0.4) is 0 Å². The molecule has 0 aromatic carbocycles. The number of rotatable bonds is 5. The maximum absolute atomic E-state index is 12.1. The number of carboxylic acids is 1. The van der Waals surface area contributed by atoms with Crippen molar-refractivity contribution in [3.63, 3.8) is 0 Å². The number of sulfone groups is 1. The number of aliphatic carboxylic acids is 1. The lowest BCUT2D eigenvalue weighted by atomic mass is 10.1. The molecule has 7 heteroatoms. The van der Waals surface area contributed by atoms with E-state index < -0.39 is 27.0 Å². The molecule has 6 nitrogen and oxygen atoms in total. The molecule has 0 bridgehead atoms. The van der Waals surface area contributed by atoms with Gasteiger partial charge in [0.25, 0.3) is 0 Å². The lowest BCUT2D eigenvalue weighted by molar-refractivity contribution is -0.137. The first-order chi connectivity index (χ1) is 8.16. The van der Waals surface area contributed by atoms with E-state index in [0.717, 1.165) is 0 Å². The van der Waals surface area contributed by atoms with Crippen molar-refractivity contribution >= 4 is 15.8 Å². The maximum atomic E-state index is 12.1. The molecule has 1 heterocycles. The molecule has 0 saturated heterocycles. The van der Waals surface area contributed by atoms with Gasteiger partial charge in [-0.3, -0.25) is 4.79 Å². The Morgan fingerprint density at radius 3 is 2.28 bits per heavy atom. The van der Waals surface area contributed by atoms with Crippen LogP contribution in [-0.2, 0) is 20.4 Å². The molecule has 1 aromatic heterocycles. The average Bonchev–Trinajstić information content (AvgIpc) is 2.46. The van der Waals surface area contributed by atoms with Crippen molar-refractivity contribution < 1.29 is 22.8 Å². The number of carbonyl (C=O) groups is 1. The molecule has 0 aliphatic carbocycles. The zero-order chi connectivity index (χ0) is 14.1. The fourth-order valence-electron chi connectivity index (χ4n) is 1.85. The van der Waals surface area contributed by atoms with E-state index in [4.69, 9.17) is 9.63 Å². The highest BCUT2D eigenvalue weighted by molar-refractivity contribution is 7.92. The number of carboxylic acid groups (broad SMARTS) is 1. The summed E-state index contributed by atoms with van der Waals surface area (Å²) in [5.41, 5.74) is 0.922. The van der Waals surface area contributed by atoms with E-state index in [1.165, 1.54) is 0 Å². The first kappa shape index (κ1) is 14.7. The van der Waals surface area contributed by atoms with Crippen LogP contribution >= 0.6 is 0 Å². The predicted octanol–water partition coefficient (Wildman–Crippen LogP) is 1.32. The largest absolute Gasteiger partial charge is 0.480 e. The predicted molar refractivity (Wildman–Crippen MR) is 64.9 cm³/mol. The van der Waals surface area contributed by atoms with Gasteiger partial charge in [-0.15, -0.1) is 0 Å². The SMILES string of the molecule is Cc1noc(C)c1CS(=O)(=O)C(C(=O)O)C(C)C. The van der Waals surface area contributed by atoms with Gasteiger partial charge in [-0.25, -0.2) is 8.42 Å². The third kappa shape index (κ3) is 2.90. The zero-order valence-corrected chi connectivity index (χ0v) is 11.6. The highest BCUT2D eigenvalue weighted by atomic mass is 32.2. The van der Waals surface area contributed by atoms with Crippen molar-refractivity contribution in [3.05, 3.63) is 17.0 Å². The van der Waals surface area contributed by atoms with Gasteiger partial charge in [0, 0.05) is 5.56 Å². The lowest BCUT2D eigenvalue weighted by Crippen LogP contribution is -2.35. The topological polar surface area (TPSA) is 97.5 Å². The molecule has 1 aromatic rings. The first-order valence-corrected chi connectivity index (χ1v) is 7.24. The van der Waals surface area contributed by atoms with Crippen LogP contribution in [0.25, 0.3) is 0 Å². The maximum Gasteiger partial charge on any atom is 0.322 e. The van der Waals surface area contributed by atoms with E-state index in [9.17, 15) is 13.2 Å². The highest BCUT2D eigenvalue weighted by Crippen LogP contribution is 2.22. The normalized spacial score (nSPS) is 13.8. The smallest absolute Gasteiger partial charge is 0.322 e. The van der Waals surface area contributed by atoms with Gasteiger partial charge in [-0.05, 0) is 19.8 Å². The second-order valence-corrected chi connectivity index (χ2v) is 6.74. The second kappa shape index (κ2) is 5.09. The summed E-state index contributed by atoms with van der Waals surface area (Å²) in [7, 11) is -3.79. The van der Waals surface area contributed by atoms with Crippen molar-refractivity contribution in [2.24, 2.45) is 5.92 Å². The van der Waals surface area contributed by atoms with Crippen LogP contribution in [0.2, 0.25) is 0 Å². The summed E-state index contributed by atoms with van der Waals surface area (Å²) in [5.74, 6) is -1.77. The number of aromatic nitrogens is 1. The molecule has 1 atom stereocenters. The Bertz CT molecular complexity index is 524. The quantitative estimate of drug-likeness (QED) is 0.870. The summed E-state index contributed by atoms with van der Waals surface area (Å²) in [4.78, 5) is 11.1. The van der Waals surface area contributed by atoms with E-state index in [1.807, 2.05) is 0 Å². The molecule has 1 N–H and O–H groups in total. The molecule has 0 spiro atoms. The molecule has 0 amide bonds. The van der Waals surface area contributed by atoms with E-state index in [1.54, 1.807) is 27.7 Å². The number of hydrogen-bond acceptors (Lipinski definition) is 5. The monoisotopic (exact) mass is 275 g/mol. The van der Waals surface area contributed by atoms with E-state index in [2.05, 4.69) is 5.16 Å². The third-order valence-electron chi connectivity index (χ3n) is 2.76. The Hall–Kier alpha value is -1.37. The van der Waals surface area contributed by atoms with Crippen molar-refractivity contribution in [2.75, 3.05) is 0 Å². The number of nitrogens with zero attached hydrogens (tertiary/aromatic N) is 1. The molecule has 102 valence electrons. The van der Waals surface area contributed by atoms with E-state index >= 15 is 0 Å². The van der Waals surface area contributed by atoms with Gasteiger partial charge in [-0.2, -0.15) is 0 Å². The summed E-state index contributed by atoms with van der Waals surface area (Å²) >= 11 is 0. The molecule has 18 heavy (non-hydrogen) atoms. The van der Waals surface area contributed by atoms with Gasteiger partial charge in [0.2, 0.25) is 0 Å². The molecule has 1 unspecified atom stereocenters. The van der Waals surface area contributed by atoms with Gasteiger partial charge in [-0.1, -0.05) is 19.0 Å². The van der Waals surface area contributed by atoms with Crippen LogP contribution in [0, 0.1) is 19.8 Å². The van der Waals surface area contributed by atoms with Crippen molar-refractivity contribution in [1.82, 2.24) is 5.16 Å². The number of hydrogen-bond donors (Lipinski definition) is 1. The first-order valence-electron chi connectivity index (χ1n) is 5.53. The molecular formula is C11H17NO5S. The van der Waals surface area contributed by atoms with Crippen LogP contribution in [0.4, 0.5) is 0 Å². The Morgan fingerprint density at radius 2 is 1.94 bits per heavy atom. The fraction of sp³-hybridized carbons (Fsp3) is 0.636. The van der Waals surface area contributed by atoms with Gasteiger partial charge in [0.1, 0.15) is 5.76 Å². The lowest BCUT2D eigenvalue weighted by Gasteiger charge is -2.16. The summed E-state index contributed by atoms with van der Waals surface area (Å²) in [6.45, 7) is 6.38. The van der Waals surface area contributed by atoms with Crippen LogP contribution < -0.4 is 0 Å². The van der Waals surface area contributed by atoms with Crippen LogP contribution in [-0.4, -0.2) is 29.9 Å². The van der Waals surface area contributed by atoms with Crippen LogP contribution in [0.5, 0.6) is 0 Å².